The number of ether oxygens (including phenoxy) is 5. The topological polar surface area (TPSA) is 69.6 Å². The largest absolute Gasteiger partial charge is 0.502 e. The SMILES string of the molecule is COc1cc([C@@H]2c3cc4c(cc3O[C@H](N3CCCC3)[C@@H]2C)OCO4)cc(OC)c1O. The molecule has 0 radical (unpaired) electrons. The van der Waals surface area contributed by atoms with Gasteiger partial charge in [-0.3, -0.25) is 4.90 Å². The molecule has 0 spiro atoms. The van der Waals surface area contributed by atoms with E-state index in [9.17, 15) is 5.11 Å². The average Bonchev–Trinajstić information content (AvgIpc) is 3.44. The molecule has 7 heteroatoms. The number of rotatable bonds is 4. The minimum absolute atomic E-state index is 0.00506. The van der Waals surface area contributed by atoms with E-state index < -0.39 is 0 Å². The van der Waals surface area contributed by atoms with E-state index in [2.05, 4.69) is 11.8 Å². The van der Waals surface area contributed by atoms with E-state index in [1.54, 1.807) is 14.2 Å². The van der Waals surface area contributed by atoms with Crippen LogP contribution in [0, 0.1) is 5.92 Å². The number of phenolic OH excluding ortho intramolecular Hbond substituents is 1. The minimum atomic E-state index is -0.0452. The van der Waals surface area contributed by atoms with Crippen molar-refractivity contribution in [1.82, 2.24) is 4.90 Å². The Kier molecular flexibility index (Phi) is 4.77. The highest BCUT2D eigenvalue weighted by Crippen LogP contribution is 2.51. The Hall–Kier alpha value is -2.80. The number of aromatic hydroxyl groups is 1. The van der Waals surface area contributed by atoms with Gasteiger partial charge in [0, 0.05) is 36.6 Å². The van der Waals surface area contributed by atoms with Gasteiger partial charge in [0.25, 0.3) is 0 Å². The average molecular weight is 413 g/mol. The lowest BCUT2D eigenvalue weighted by Crippen LogP contribution is -2.46. The van der Waals surface area contributed by atoms with Crippen LogP contribution in [-0.2, 0) is 0 Å². The van der Waals surface area contributed by atoms with Crippen molar-refractivity contribution < 1.29 is 28.8 Å². The van der Waals surface area contributed by atoms with Crippen LogP contribution in [0.25, 0.3) is 0 Å². The quantitative estimate of drug-likeness (QED) is 0.819. The van der Waals surface area contributed by atoms with Gasteiger partial charge < -0.3 is 28.8 Å². The van der Waals surface area contributed by atoms with Gasteiger partial charge in [-0.2, -0.15) is 0 Å². The molecule has 0 unspecified atom stereocenters. The lowest BCUT2D eigenvalue weighted by molar-refractivity contribution is -0.0178. The summed E-state index contributed by atoms with van der Waals surface area (Å²) in [7, 11) is 3.09. The summed E-state index contributed by atoms with van der Waals surface area (Å²) in [6.45, 7) is 4.50. The highest BCUT2D eigenvalue weighted by atomic mass is 16.7. The molecule has 0 bridgehead atoms. The van der Waals surface area contributed by atoms with Gasteiger partial charge >= 0.3 is 0 Å². The molecule has 2 aromatic carbocycles. The number of hydrogen-bond acceptors (Lipinski definition) is 7. The van der Waals surface area contributed by atoms with E-state index in [0.717, 1.165) is 35.7 Å². The van der Waals surface area contributed by atoms with E-state index in [0.29, 0.717) is 17.2 Å². The third-order valence-electron chi connectivity index (χ3n) is 6.43. The second-order valence-electron chi connectivity index (χ2n) is 8.11. The summed E-state index contributed by atoms with van der Waals surface area (Å²) in [4.78, 5) is 2.42. The number of hydrogen-bond donors (Lipinski definition) is 1. The van der Waals surface area contributed by atoms with Crippen molar-refractivity contribution in [3.8, 4) is 34.5 Å². The third-order valence-corrected chi connectivity index (χ3v) is 6.43. The van der Waals surface area contributed by atoms with Crippen molar-refractivity contribution in [2.45, 2.75) is 31.9 Å². The van der Waals surface area contributed by atoms with Crippen LogP contribution >= 0.6 is 0 Å². The second-order valence-corrected chi connectivity index (χ2v) is 8.11. The van der Waals surface area contributed by atoms with Gasteiger partial charge in [0.1, 0.15) is 5.75 Å². The van der Waals surface area contributed by atoms with Crippen molar-refractivity contribution in [2.75, 3.05) is 34.1 Å². The smallest absolute Gasteiger partial charge is 0.231 e. The Morgan fingerprint density at radius 2 is 1.57 bits per heavy atom. The van der Waals surface area contributed by atoms with Crippen molar-refractivity contribution in [3.63, 3.8) is 0 Å². The van der Waals surface area contributed by atoms with Crippen LogP contribution in [0.4, 0.5) is 0 Å². The minimum Gasteiger partial charge on any atom is -0.502 e. The molecular weight excluding hydrogens is 386 g/mol. The maximum Gasteiger partial charge on any atom is 0.231 e. The number of fused-ring (bicyclic) bond motifs is 2. The fourth-order valence-corrected chi connectivity index (χ4v) is 4.95. The summed E-state index contributed by atoms with van der Waals surface area (Å²) >= 11 is 0. The molecule has 3 aliphatic rings. The third kappa shape index (κ3) is 2.99. The molecular formula is C23H27NO6. The Balaban J connectivity index is 1.66. The normalized spacial score (nSPS) is 25.0. The molecule has 1 saturated heterocycles. The van der Waals surface area contributed by atoms with E-state index in [1.807, 2.05) is 24.3 Å². The molecule has 5 rings (SSSR count). The molecule has 3 atom stereocenters. The highest BCUT2D eigenvalue weighted by Gasteiger charge is 2.42. The summed E-state index contributed by atoms with van der Waals surface area (Å²) in [6, 6.07) is 7.73. The van der Waals surface area contributed by atoms with Crippen LogP contribution in [-0.4, -0.2) is 50.3 Å². The molecule has 3 aliphatic heterocycles. The lowest BCUT2D eigenvalue weighted by Gasteiger charge is -2.42. The standard InChI is InChI=1S/C23H27NO6/c1-13-21(14-8-19(26-2)22(25)20(9-14)27-3)15-10-17-18(29-12-28-17)11-16(15)30-23(13)24-6-4-5-7-24/h8-11,13,21,23,25H,4-7,12H2,1-3H3/t13-,21-,23+/m1/s1. The Morgan fingerprint density at radius 1 is 0.933 bits per heavy atom. The van der Waals surface area contributed by atoms with Crippen molar-refractivity contribution in [1.29, 1.82) is 0 Å². The molecule has 0 aliphatic carbocycles. The maximum absolute atomic E-state index is 10.4. The maximum atomic E-state index is 10.4. The summed E-state index contributed by atoms with van der Waals surface area (Å²) in [5, 5.41) is 10.4. The summed E-state index contributed by atoms with van der Waals surface area (Å²) in [6.07, 6.45) is 2.33. The summed E-state index contributed by atoms with van der Waals surface area (Å²) < 4.78 is 28.6. The monoisotopic (exact) mass is 413 g/mol. The van der Waals surface area contributed by atoms with Crippen LogP contribution in [0.3, 0.4) is 0 Å². The van der Waals surface area contributed by atoms with Crippen molar-refractivity contribution in [3.05, 3.63) is 35.4 Å². The lowest BCUT2D eigenvalue weighted by atomic mass is 9.78. The second kappa shape index (κ2) is 7.47. The number of nitrogens with zero attached hydrogens (tertiary/aromatic N) is 1. The Labute approximate surface area is 176 Å². The van der Waals surface area contributed by atoms with Crippen LogP contribution in [0.15, 0.2) is 24.3 Å². The number of likely N-dealkylation sites (tertiary alicyclic amines) is 1. The molecule has 0 amide bonds. The predicted octanol–water partition coefficient (Wildman–Crippen LogP) is 3.72. The Morgan fingerprint density at radius 3 is 2.20 bits per heavy atom. The number of benzene rings is 2. The molecule has 30 heavy (non-hydrogen) atoms. The van der Waals surface area contributed by atoms with Crippen LogP contribution < -0.4 is 23.7 Å². The molecule has 3 heterocycles. The van der Waals surface area contributed by atoms with Gasteiger partial charge in [-0.25, -0.2) is 0 Å². The zero-order valence-electron chi connectivity index (χ0n) is 17.5. The highest BCUT2D eigenvalue weighted by molar-refractivity contribution is 5.59. The predicted molar refractivity (Wildman–Crippen MR) is 110 cm³/mol. The van der Waals surface area contributed by atoms with Crippen LogP contribution in [0.5, 0.6) is 34.5 Å². The van der Waals surface area contributed by atoms with E-state index in [1.165, 1.54) is 12.8 Å². The number of methoxy groups -OCH3 is 2. The first-order valence-electron chi connectivity index (χ1n) is 10.4. The van der Waals surface area contributed by atoms with Gasteiger partial charge in [0.05, 0.1) is 14.2 Å². The Bertz CT molecular complexity index is 930. The number of phenols is 1. The molecule has 0 saturated carbocycles. The van der Waals surface area contributed by atoms with Gasteiger partial charge in [-0.15, -0.1) is 0 Å². The van der Waals surface area contributed by atoms with E-state index in [4.69, 9.17) is 23.7 Å². The molecule has 1 N–H and O–H groups in total. The van der Waals surface area contributed by atoms with Crippen molar-refractivity contribution >= 4 is 0 Å². The van der Waals surface area contributed by atoms with Gasteiger partial charge in [0.2, 0.25) is 12.5 Å². The first-order valence-corrected chi connectivity index (χ1v) is 10.4. The zero-order chi connectivity index (χ0) is 20.8. The molecule has 160 valence electrons. The van der Waals surface area contributed by atoms with Crippen LogP contribution in [0.2, 0.25) is 0 Å². The van der Waals surface area contributed by atoms with Crippen molar-refractivity contribution in [2.24, 2.45) is 5.92 Å². The fraction of sp³-hybridized carbons (Fsp3) is 0.478. The van der Waals surface area contributed by atoms with Gasteiger partial charge in [-0.1, -0.05) is 6.92 Å². The molecule has 2 aromatic rings. The van der Waals surface area contributed by atoms with Crippen LogP contribution in [0.1, 0.15) is 36.8 Å². The molecule has 1 fully saturated rings. The van der Waals surface area contributed by atoms with Gasteiger partial charge in [-0.05, 0) is 36.6 Å². The molecule has 0 aromatic heterocycles. The first-order chi connectivity index (χ1) is 14.6. The molecule has 7 nitrogen and oxygen atoms in total. The fourth-order valence-electron chi connectivity index (χ4n) is 4.95. The zero-order valence-corrected chi connectivity index (χ0v) is 17.5. The summed E-state index contributed by atoms with van der Waals surface area (Å²) in [5.74, 6) is 3.21. The van der Waals surface area contributed by atoms with E-state index >= 15 is 0 Å². The first kappa shape index (κ1) is 19.2. The van der Waals surface area contributed by atoms with E-state index in [-0.39, 0.29) is 30.6 Å². The summed E-state index contributed by atoms with van der Waals surface area (Å²) in [5.41, 5.74) is 2.04. The van der Waals surface area contributed by atoms with Gasteiger partial charge in [0.15, 0.2) is 29.2 Å².